The van der Waals surface area contributed by atoms with Crippen molar-refractivity contribution >= 4 is 29.0 Å². The summed E-state index contributed by atoms with van der Waals surface area (Å²) in [6, 6.07) is 11.1. The molecule has 0 radical (unpaired) electrons. The van der Waals surface area contributed by atoms with Crippen LogP contribution >= 0.6 is 0 Å². The fourth-order valence-corrected chi connectivity index (χ4v) is 2.39. The molecule has 2 aromatic carbocycles. The van der Waals surface area contributed by atoms with Gasteiger partial charge < -0.3 is 5.73 Å². The molecule has 0 spiro atoms. The van der Waals surface area contributed by atoms with E-state index in [1.807, 2.05) is 0 Å². The molecule has 1 aliphatic rings. The predicted molar refractivity (Wildman–Crippen MR) is 78.4 cm³/mol. The normalized spacial score (nSPS) is 13.5. The van der Waals surface area contributed by atoms with E-state index < -0.39 is 11.8 Å². The number of benzene rings is 2. The molecule has 0 saturated heterocycles. The summed E-state index contributed by atoms with van der Waals surface area (Å²) in [4.78, 5) is 37.1. The molecule has 0 saturated carbocycles. The first kappa shape index (κ1) is 13.1. The van der Waals surface area contributed by atoms with Crippen LogP contribution in [0.25, 0.3) is 0 Å². The van der Waals surface area contributed by atoms with Crippen molar-refractivity contribution in [3.05, 3.63) is 59.2 Å². The number of rotatable bonds is 2. The van der Waals surface area contributed by atoms with Crippen LogP contribution in [0.2, 0.25) is 0 Å². The van der Waals surface area contributed by atoms with Crippen molar-refractivity contribution in [1.29, 1.82) is 0 Å². The second kappa shape index (κ2) is 4.56. The van der Waals surface area contributed by atoms with Gasteiger partial charge in [-0.3, -0.25) is 14.4 Å². The van der Waals surface area contributed by atoms with Crippen molar-refractivity contribution in [1.82, 2.24) is 0 Å². The third-order valence-corrected chi connectivity index (χ3v) is 3.48. The molecule has 0 bridgehead atoms. The van der Waals surface area contributed by atoms with E-state index in [2.05, 4.69) is 0 Å². The van der Waals surface area contributed by atoms with E-state index in [1.54, 1.807) is 42.5 Å². The Morgan fingerprint density at radius 3 is 2.24 bits per heavy atom. The molecule has 1 aliphatic heterocycles. The number of imide groups is 1. The third kappa shape index (κ3) is 1.90. The van der Waals surface area contributed by atoms with Gasteiger partial charge in [0.25, 0.3) is 11.8 Å². The average Bonchev–Trinajstić information content (AvgIpc) is 2.72. The highest BCUT2D eigenvalue weighted by Crippen LogP contribution is 2.31. The number of nitrogen functional groups attached to an aromatic ring is 1. The van der Waals surface area contributed by atoms with Crippen molar-refractivity contribution in [2.24, 2.45) is 0 Å². The molecule has 0 fully saturated rings. The Hall–Kier alpha value is -2.95. The van der Waals surface area contributed by atoms with Crippen LogP contribution in [0.15, 0.2) is 42.5 Å². The number of carbonyl (C=O) groups is 3. The zero-order chi connectivity index (χ0) is 15.1. The summed E-state index contributed by atoms with van der Waals surface area (Å²) >= 11 is 0. The highest BCUT2D eigenvalue weighted by Gasteiger charge is 2.37. The van der Waals surface area contributed by atoms with Gasteiger partial charge in [-0.2, -0.15) is 0 Å². The SMILES string of the molecule is CC(=O)c1ccc(N2C(=O)c3cccc(N)c3C2=O)cc1. The molecule has 5 heteroatoms. The van der Waals surface area contributed by atoms with Crippen molar-refractivity contribution < 1.29 is 14.4 Å². The Labute approximate surface area is 121 Å². The van der Waals surface area contributed by atoms with Gasteiger partial charge in [-0.1, -0.05) is 6.07 Å². The molecule has 1 heterocycles. The van der Waals surface area contributed by atoms with E-state index in [0.717, 1.165) is 4.90 Å². The maximum absolute atomic E-state index is 12.4. The van der Waals surface area contributed by atoms with E-state index in [4.69, 9.17) is 5.73 Å². The molecule has 21 heavy (non-hydrogen) atoms. The van der Waals surface area contributed by atoms with Crippen molar-refractivity contribution in [2.75, 3.05) is 10.6 Å². The molecule has 2 amide bonds. The van der Waals surface area contributed by atoms with E-state index in [1.165, 1.54) is 6.92 Å². The second-order valence-electron chi connectivity index (χ2n) is 4.82. The Morgan fingerprint density at radius 2 is 1.67 bits per heavy atom. The standard InChI is InChI=1S/C16H12N2O3/c1-9(19)10-5-7-11(8-6-10)18-15(20)12-3-2-4-13(17)14(12)16(18)21/h2-8H,17H2,1H3. The van der Waals surface area contributed by atoms with Gasteiger partial charge in [0, 0.05) is 11.3 Å². The quantitative estimate of drug-likeness (QED) is 0.520. The molecule has 2 N–H and O–H groups in total. The molecule has 0 atom stereocenters. The highest BCUT2D eigenvalue weighted by molar-refractivity contribution is 6.36. The van der Waals surface area contributed by atoms with Gasteiger partial charge in [0.1, 0.15) is 0 Å². The van der Waals surface area contributed by atoms with E-state index in [9.17, 15) is 14.4 Å². The van der Waals surface area contributed by atoms with Crippen LogP contribution in [0.4, 0.5) is 11.4 Å². The number of fused-ring (bicyclic) bond motifs is 1. The summed E-state index contributed by atoms with van der Waals surface area (Å²) in [6.07, 6.45) is 0. The van der Waals surface area contributed by atoms with Crippen molar-refractivity contribution in [2.45, 2.75) is 6.92 Å². The van der Waals surface area contributed by atoms with Gasteiger partial charge in [0.15, 0.2) is 5.78 Å². The highest BCUT2D eigenvalue weighted by atomic mass is 16.2. The van der Waals surface area contributed by atoms with Gasteiger partial charge in [0.05, 0.1) is 16.8 Å². The summed E-state index contributed by atoms with van der Waals surface area (Å²) in [6.45, 7) is 1.46. The van der Waals surface area contributed by atoms with Crippen LogP contribution in [0, 0.1) is 0 Å². The smallest absolute Gasteiger partial charge is 0.268 e. The number of hydrogen-bond donors (Lipinski definition) is 1. The Kier molecular flexibility index (Phi) is 2.83. The largest absolute Gasteiger partial charge is 0.398 e. The minimum atomic E-state index is -0.441. The topological polar surface area (TPSA) is 80.5 Å². The first-order chi connectivity index (χ1) is 10.0. The molecule has 0 unspecified atom stereocenters. The number of nitrogens with zero attached hydrogens (tertiary/aromatic N) is 1. The maximum Gasteiger partial charge on any atom is 0.268 e. The van der Waals surface area contributed by atoms with Gasteiger partial charge in [-0.05, 0) is 43.3 Å². The van der Waals surface area contributed by atoms with Gasteiger partial charge in [0.2, 0.25) is 0 Å². The van der Waals surface area contributed by atoms with Crippen LogP contribution in [0.3, 0.4) is 0 Å². The fourth-order valence-electron chi connectivity index (χ4n) is 2.39. The third-order valence-electron chi connectivity index (χ3n) is 3.48. The lowest BCUT2D eigenvalue weighted by Crippen LogP contribution is -2.29. The van der Waals surface area contributed by atoms with Crippen LogP contribution in [0.5, 0.6) is 0 Å². The summed E-state index contributed by atoms with van der Waals surface area (Å²) in [5, 5.41) is 0. The number of nitrogens with two attached hydrogens (primary N) is 1. The number of anilines is 2. The van der Waals surface area contributed by atoms with E-state index in [0.29, 0.717) is 16.8 Å². The molecular formula is C16H12N2O3. The van der Waals surface area contributed by atoms with Gasteiger partial charge in [-0.15, -0.1) is 0 Å². The summed E-state index contributed by atoms with van der Waals surface area (Å²) in [5.74, 6) is -0.922. The lowest BCUT2D eigenvalue weighted by Gasteiger charge is -2.14. The maximum atomic E-state index is 12.4. The lowest BCUT2D eigenvalue weighted by atomic mass is 10.1. The second-order valence-corrected chi connectivity index (χ2v) is 4.82. The minimum Gasteiger partial charge on any atom is -0.398 e. The van der Waals surface area contributed by atoms with E-state index in [-0.39, 0.29) is 17.0 Å². The molecule has 5 nitrogen and oxygen atoms in total. The zero-order valence-electron chi connectivity index (χ0n) is 11.3. The van der Waals surface area contributed by atoms with Crippen LogP contribution in [-0.4, -0.2) is 17.6 Å². The Morgan fingerprint density at radius 1 is 1.00 bits per heavy atom. The van der Waals surface area contributed by atoms with Crippen LogP contribution in [0.1, 0.15) is 38.0 Å². The number of carbonyl (C=O) groups excluding carboxylic acids is 3. The van der Waals surface area contributed by atoms with Crippen LogP contribution in [-0.2, 0) is 0 Å². The summed E-state index contributed by atoms with van der Waals surface area (Å²) < 4.78 is 0. The summed E-state index contributed by atoms with van der Waals surface area (Å²) in [5.41, 5.74) is 7.55. The number of hydrogen-bond acceptors (Lipinski definition) is 4. The monoisotopic (exact) mass is 280 g/mol. The number of amides is 2. The zero-order valence-corrected chi connectivity index (χ0v) is 11.3. The average molecular weight is 280 g/mol. The minimum absolute atomic E-state index is 0.0758. The Bertz CT molecular complexity index is 779. The lowest BCUT2D eigenvalue weighted by molar-refractivity contribution is 0.0925. The van der Waals surface area contributed by atoms with Gasteiger partial charge in [-0.25, -0.2) is 4.90 Å². The Balaban J connectivity index is 2.06. The molecule has 3 rings (SSSR count). The van der Waals surface area contributed by atoms with Crippen molar-refractivity contribution in [3.63, 3.8) is 0 Å². The van der Waals surface area contributed by atoms with Crippen molar-refractivity contribution in [3.8, 4) is 0 Å². The molecular weight excluding hydrogens is 268 g/mol. The van der Waals surface area contributed by atoms with E-state index >= 15 is 0 Å². The molecule has 2 aromatic rings. The fraction of sp³-hybridized carbons (Fsp3) is 0.0625. The van der Waals surface area contributed by atoms with Gasteiger partial charge >= 0.3 is 0 Å². The number of ketones is 1. The van der Waals surface area contributed by atoms with Crippen LogP contribution < -0.4 is 10.6 Å². The first-order valence-electron chi connectivity index (χ1n) is 6.39. The molecule has 104 valence electrons. The number of Topliss-reactive ketones (excluding diaryl/α,β-unsaturated/α-hetero) is 1. The molecule has 0 aliphatic carbocycles. The summed E-state index contributed by atoms with van der Waals surface area (Å²) in [7, 11) is 0. The first-order valence-corrected chi connectivity index (χ1v) is 6.39. The molecule has 0 aromatic heterocycles. The predicted octanol–water partition coefficient (Wildman–Crippen LogP) is 2.27.